The van der Waals surface area contributed by atoms with E-state index in [9.17, 15) is 4.79 Å². The summed E-state index contributed by atoms with van der Waals surface area (Å²) in [4.78, 5) is 13.7. The molecule has 1 aromatic rings. The van der Waals surface area contributed by atoms with Crippen molar-refractivity contribution in [1.82, 2.24) is 4.90 Å². The van der Waals surface area contributed by atoms with Gasteiger partial charge in [0.1, 0.15) is 0 Å². The average molecular weight is 319 g/mol. The first kappa shape index (κ1) is 14.7. The second kappa shape index (κ2) is 6.52. The van der Waals surface area contributed by atoms with Crippen LogP contribution in [0.15, 0.2) is 15.2 Å². The Kier molecular flexibility index (Phi) is 5.62. The van der Waals surface area contributed by atoms with Crippen molar-refractivity contribution in [2.24, 2.45) is 11.7 Å². The smallest absolute Gasteiger partial charge is 0.239 e. The molecule has 0 bridgehead atoms. The van der Waals surface area contributed by atoms with E-state index in [1.54, 1.807) is 23.3 Å². The number of nitrogens with zero attached hydrogens (tertiary/aromatic N) is 1. The highest BCUT2D eigenvalue weighted by atomic mass is 79.9. The van der Waals surface area contributed by atoms with Gasteiger partial charge in [-0.05, 0) is 45.3 Å². The van der Waals surface area contributed by atoms with Gasteiger partial charge in [0, 0.05) is 13.6 Å². The van der Waals surface area contributed by atoms with Crippen LogP contribution in [-0.2, 0) is 11.3 Å². The summed E-state index contributed by atoms with van der Waals surface area (Å²) in [5.74, 6) is 0.457. The first-order valence-electron chi connectivity index (χ1n) is 5.63. The number of hydrogen-bond donors (Lipinski definition) is 1. The van der Waals surface area contributed by atoms with Crippen molar-refractivity contribution in [3.8, 4) is 0 Å². The van der Waals surface area contributed by atoms with Gasteiger partial charge in [-0.15, -0.1) is 11.3 Å². The second-order valence-electron chi connectivity index (χ2n) is 4.69. The second-order valence-corrected chi connectivity index (χ2v) is 6.98. The summed E-state index contributed by atoms with van der Waals surface area (Å²) >= 11 is 5.04. The molecule has 0 fully saturated rings. The van der Waals surface area contributed by atoms with Crippen molar-refractivity contribution in [1.29, 1.82) is 0 Å². The molecule has 1 rings (SSSR count). The monoisotopic (exact) mass is 318 g/mol. The molecule has 0 aliphatic heterocycles. The molecule has 0 spiro atoms. The minimum absolute atomic E-state index is 0.0148. The highest BCUT2D eigenvalue weighted by Crippen LogP contribution is 2.21. The fourth-order valence-corrected chi connectivity index (χ4v) is 2.87. The molecular formula is C12H19BrN2OS. The van der Waals surface area contributed by atoms with Crippen LogP contribution in [0.3, 0.4) is 0 Å². The van der Waals surface area contributed by atoms with E-state index in [0.717, 1.165) is 15.8 Å². The Morgan fingerprint density at radius 2 is 2.24 bits per heavy atom. The topological polar surface area (TPSA) is 46.3 Å². The van der Waals surface area contributed by atoms with Gasteiger partial charge in [0.05, 0.1) is 9.83 Å². The van der Waals surface area contributed by atoms with E-state index in [-0.39, 0.29) is 11.9 Å². The van der Waals surface area contributed by atoms with Crippen molar-refractivity contribution in [3.63, 3.8) is 0 Å². The molecule has 0 aliphatic carbocycles. The largest absolute Gasteiger partial charge is 0.340 e. The number of nitrogens with two attached hydrogens (primary N) is 1. The van der Waals surface area contributed by atoms with Crippen LogP contribution < -0.4 is 5.73 Å². The fourth-order valence-electron chi connectivity index (χ4n) is 1.67. The third kappa shape index (κ3) is 4.77. The number of likely N-dealkylation sites (N-methyl/N-ethyl adjacent to an activating group) is 1. The molecule has 0 aliphatic rings. The summed E-state index contributed by atoms with van der Waals surface area (Å²) in [7, 11) is 1.80. The molecule has 17 heavy (non-hydrogen) atoms. The highest BCUT2D eigenvalue weighted by Gasteiger charge is 2.19. The van der Waals surface area contributed by atoms with Gasteiger partial charge in [0.25, 0.3) is 0 Å². The Morgan fingerprint density at radius 1 is 1.59 bits per heavy atom. The predicted octanol–water partition coefficient (Wildman–Crippen LogP) is 2.84. The molecule has 1 atom stereocenters. The normalized spacial score (nSPS) is 12.8. The summed E-state index contributed by atoms with van der Waals surface area (Å²) < 4.78 is 1.08. The Hall–Kier alpha value is -0.390. The molecule has 0 radical (unpaired) electrons. The van der Waals surface area contributed by atoms with Crippen LogP contribution in [0.1, 0.15) is 25.8 Å². The third-order valence-corrected chi connectivity index (χ3v) is 4.01. The third-order valence-electron chi connectivity index (χ3n) is 2.46. The number of rotatable bonds is 5. The molecule has 2 N–H and O–H groups in total. The van der Waals surface area contributed by atoms with Crippen molar-refractivity contribution in [2.45, 2.75) is 32.9 Å². The van der Waals surface area contributed by atoms with Gasteiger partial charge in [-0.1, -0.05) is 13.8 Å². The zero-order valence-corrected chi connectivity index (χ0v) is 12.8. The van der Waals surface area contributed by atoms with E-state index in [4.69, 9.17) is 5.73 Å². The minimum Gasteiger partial charge on any atom is -0.340 e. The van der Waals surface area contributed by atoms with E-state index in [1.165, 1.54) is 0 Å². The number of halogens is 1. The Bertz CT molecular complexity index is 378. The first-order valence-corrected chi connectivity index (χ1v) is 7.31. The molecule has 5 heteroatoms. The molecule has 0 saturated carbocycles. The lowest BCUT2D eigenvalue weighted by molar-refractivity contribution is -0.132. The first-order chi connectivity index (χ1) is 7.90. The van der Waals surface area contributed by atoms with E-state index in [1.807, 2.05) is 11.4 Å². The van der Waals surface area contributed by atoms with Gasteiger partial charge in [-0.3, -0.25) is 4.79 Å². The van der Waals surface area contributed by atoms with Crippen LogP contribution in [-0.4, -0.2) is 23.9 Å². The molecule has 1 amide bonds. The minimum atomic E-state index is -0.387. The van der Waals surface area contributed by atoms with Gasteiger partial charge in [-0.25, -0.2) is 0 Å². The maximum atomic E-state index is 12.0. The van der Waals surface area contributed by atoms with Crippen LogP contribution in [0.2, 0.25) is 0 Å². The van der Waals surface area contributed by atoms with Crippen LogP contribution in [0.25, 0.3) is 0 Å². The van der Waals surface area contributed by atoms with E-state index >= 15 is 0 Å². The zero-order chi connectivity index (χ0) is 13.0. The fraction of sp³-hybridized carbons (Fsp3) is 0.583. The predicted molar refractivity (Wildman–Crippen MR) is 75.9 cm³/mol. The molecule has 1 heterocycles. The maximum absolute atomic E-state index is 12.0. The van der Waals surface area contributed by atoms with E-state index in [0.29, 0.717) is 12.5 Å². The lowest BCUT2D eigenvalue weighted by Crippen LogP contribution is -2.42. The standard InChI is InChI=1S/C12H19BrN2OS/c1-8(2)4-10(14)12(16)15(3)6-9-5-11(13)17-7-9/h5,7-8,10H,4,6,14H2,1-3H3. The van der Waals surface area contributed by atoms with E-state index in [2.05, 4.69) is 29.8 Å². The Labute approximate surface area is 115 Å². The molecule has 3 nitrogen and oxygen atoms in total. The van der Waals surface area contributed by atoms with Crippen molar-refractivity contribution < 1.29 is 4.79 Å². The number of carbonyl (C=O) groups excluding carboxylic acids is 1. The van der Waals surface area contributed by atoms with Crippen molar-refractivity contribution >= 4 is 33.2 Å². The molecule has 0 saturated heterocycles. The van der Waals surface area contributed by atoms with Crippen LogP contribution in [0, 0.1) is 5.92 Å². The summed E-state index contributed by atoms with van der Waals surface area (Å²) in [6.45, 7) is 4.76. The van der Waals surface area contributed by atoms with Gasteiger partial charge in [-0.2, -0.15) is 0 Å². The van der Waals surface area contributed by atoms with Crippen LogP contribution in [0.5, 0.6) is 0 Å². The van der Waals surface area contributed by atoms with Gasteiger partial charge in [0.15, 0.2) is 0 Å². The SMILES string of the molecule is CC(C)CC(N)C(=O)N(C)Cc1csc(Br)c1. The van der Waals surface area contributed by atoms with Gasteiger partial charge >= 0.3 is 0 Å². The van der Waals surface area contributed by atoms with Crippen LogP contribution in [0.4, 0.5) is 0 Å². The number of thiophene rings is 1. The molecule has 1 unspecified atom stereocenters. The summed E-state index contributed by atoms with van der Waals surface area (Å²) in [5.41, 5.74) is 7.01. The summed E-state index contributed by atoms with van der Waals surface area (Å²) in [5, 5.41) is 2.04. The molecule has 0 aromatic carbocycles. The molecular weight excluding hydrogens is 300 g/mol. The average Bonchev–Trinajstić information content (AvgIpc) is 2.61. The van der Waals surface area contributed by atoms with Gasteiger partial charge < -0.3 is 10.6 Å². The van der Waals surface area contributed by atoms with Crippen molar-refractivity contribution in [3.05, 3.63) is 20.8 Å². The van der Waals surface area contributed by atoms with E-state index < -0.39 is 0 Å². The molecule has 96 valence electrons. The lowest BCUT2D eigenvalue weighted by atomic mass is 10.0. The number of carbonyl (C=O) groups is 1. The summed E-state index contributed by atoms with van der Waals surface area (Å²) in [6.07, 6.45) is 0.733. The lowest BCUT2D eigenvalue weighted by Gasteiger charge is -2.21. The van der Waals surface area contributed by atoms with Crippen LogP contribution >= 0.6 is 27.3 Å². The number of hydrogen-bond acceptors (Lipinski definition) is 3. The zero-order valence-electron chi connectivity index (χ0n) is 10.4. The maximum Gasteiger partial charge on any atom is 0.239 e. The quantitative estimate of drug-likeness (QED) is 0.907. The Balaban J connectivity index is 2.52. The number of amides is 1. The highest BCUT2D eigenvalue weighted by molar-refractivity contribution is 9.11. The summed E-state index contributed by atoms with van der Waals surface area (Å²) in [6, 6.07) is 1.64. The molecule has 1 aromatic heterocycles. The van der Waals surface area contributed by atoms with Crippen molar-refractivity contribution in [2.75, 3.05) is 7.05 Å². The Morgan fingerprint density at radius 3 is 2.71 bits per heavy atom. The van der Waals surface area contributed by atoms with Gasteiger partial charge in [0.2, 0.25) is 5.91 Å².